The van der Waals surface area contributed by atoms with Gasteiger partial charge in [-0.05, 0) is 41.8 Å². The van der Waals surface area contributed by atoms with Crippen LogP contribution in [0.25, 0.3) is 0 Å². The Morgan fingerprint density at radius 2 is 1.93 bits per heavy atom. The minimum Gasteiger partial charge on any atom is -0.353 e. The molecule has 3 rings (SSSR count). The van der Waals surface area contributed by atoms with Gasteiger partial charge in [0, 0.05) is 19.5 Å². The number of hydrogen-bond acceptors (Lipinski definition) is 3. The van der Waals surface area contributed by atoms with Crippen molar-refractivity contribution in [2.75, 3.05) is 13.1 Å². The number of nitrogens with one attached hydrogen (secondary N) is 1. The summed E-state index contributed by atoms with van der Waals surface area (Å²) in [4.78, 5) is 12.3. The number of rotatable bonds is 6. The standard InChI is InChI=1S/C20H21FN2O3S/c1-2-12-22-20(24)14-19-18-6-4-3-5-15(18)11-13-23(19)27(25,26)17-9-7-16(21)8-10-17/h2-10,19H,1,11-14H2,(H,22,24). The molecular weight excluding hydrogens is 367 g/mol. The van der Waals surface area contributed by atoms with Crippen molar-refractivity contribution in [3.8, 4) is 0 Å². The first kappa shape index (κ1) is 19.3. The van der Waals surface area contributed by atoms with Crippen molar-refractivity contribution in [3.63, 3.8) is 0 Å². The molecule has 2 aromatic rings. The van der Waals surface area contributed by atoms with E-state index in [0.29, 0.717) is 13.0 Å². The van der Waals surface area contributed by atoms with E-state index in [1.807, 2.05) is 24.3 Å². The summed E-state index contributed by atoms with van der Waals surface area (Å²) in [5.41, 5.74) is 1.85. The van der Waals surface area contributed by atoms with Crippen LogP contribution in [0.5, 0.6) is 0 Å². The highest BCUT2D eigenvalue weighted by molar-refractivity contribution is 7.89. The number of fused-ring (bicyclic) bond motifs is 1. The number of nitrogens with zero attached hydrogens (tertiary/aromatic N) is 1. The maximum absolute atomic E-state index is 13.2. The third kappa shape index (κ3) is 4.09. The predicted molar refractivity (Wildman–Crippen MR) is 101 cm³/mol. The van der Waals surface area contributed by atoms with Crippen LogP contribution in [-0.2, 0) is 21.2 Å². The molecule has 5 nitrogen and oxygen atoms in total. The molecule has 0 bridgehead atoms. The highest BCUT2D eigenvalue weighted by atomic mass is 32.2. The average Bonchev–Trinajstić information content (AvgIpc) is 2.66. The molecule has 1 atom stereocenters. The van der Waals surface area contributed by atoms with Crippen LogP contribution in [0.15, 0.2) is 66.1 Å². The van der Waals surface area contributed by atoms with Crippen molar-refractivity contribution in [1.82, 2.24) is 9.62 Å². The van der Waals surface area contributed by atoms with Crippen molar-refractivity contribution in [1.29, 1.82) is 0 Å². The topological polar surface area (TPSA) is 66.5 Å². The van der Waals surface area contributed by atoms with E-state index in [1.165, 1.54) is 16.4 Å². The highest BCUT2D eigenvalue weighted by Gasteiger charge is 2.37. The van der Waals surface area contributed by atoms with Gasteiger partial charge in [-0.15, -0.1) is 6.58 Å². The van der Waals surface area contributed by atoms with E-state index < -0.39 is 21.9 Å². The Labute approximate surface area is 158 Å². The lowest BCUT2D eigenvalue weighted by atomic mass is 9.92. The highest BCUT2D eigenvalue weighted by Crippen LogP contribution is 2.36. The van der Waals surface area contributed by atoms with E-state index in [4.69, 9.17) is 0 Å². The summed E-state index contributed by atoms with van der Waals surface area (Å²) in [5.74, 6) is -0.755. The lowest BCUT2D eigenvalue weighted by molar-refractivity contribution is -0.121. The zero-order chi connectivity index (χ0) is 19.4. The Bertz CT molecular complexity index is 942. The van der Waals surface area contributed by atoms with Crippen LogP contribution in [0.4, 0.5) is 4.39 Å². The summed E-state index contributed by atoms with van der Waals surface area (Å²) in [7, 11) is -3.87. The summed E-state index contributed by atoms with van der Waals surface area (Å²) >= 11 is 0. The first-order valence-corrected chi connectivity index (χ1v) is 10.1. The smallest absolute Gasteiger partial charge is 0.243 e. The molecule has 1 aliphatic rings. The monoisotopic (exact) mass is 388 g/mol. The minimum absolute atomic E-state index is 0.00524. The summed E-state index contributed by atoms with van der Waals surface area (Å²) in [6.07, 6.45) is 2.13. The molecule has 0 fully saturated rings. The van der Waals surface area contributed by atoms with Crippen LogP contribution in [0.3, 0.4) is 0 Å². The molecule has 0 saturated carbocycles. The Kier molecular flexibility index (Phi) is 5.72. The fourth-order valence-electron chi connectivity index (χ4n) is 3.30. The fraction of sp³-hybridized carbons (Fsp3) is 0.250. The molecule has 0 radical (unpaired) electrons. The van der Waals surface area contributed by atoms with Crippen LogP contribution < -0.4 is 5.32 Å². The number of amides is 1. The van der Waals surface area contributed by atoms with E-state index in [9.17, 15) is 17.6 Å². The molecule has 27 heavy (non-hydrogen) atoms. The second-order valence-electron chi connectivity index (χ2n) is 6.33. The van der Waals surface area contributed by atoms with Crippen LogP contribution in [0, 0.1) is 5.82 Å². The van der Waals surface area contributed by atoms with E-state index in [2.05, 4.69) is 11.9 Å². The summed E-state index contributed by atoms with van der Waals surface area (Å²) < 4.78 is 40.9. The largest absolute Gasteiger partial charge is 0.353 e. The van der Waals surface area contributed by atoms with E-state index >= 15 is 0 Å². The summed E-state index contributed by atoms with van der Waals surface area (Å²) in [6, 6.07) is 11.7. The summed E-state index contributed by atoms with van der Waals surface area (Å²) in [6.45, 7) is 4.14. The maximum Gasteiger partial charge on any atom is 0.243 e. The third-order valence-corrected chi connectivity index (χ3v) is 6.53. The molecule has 2 aromatic carbocycles. The van der Waals surface area contributed by atoms with Gasteiger partial charge in [0.2, 0.25) is 15.9 Å². The van der Waals surface area contributed by atoms with Crippen LogP contribution >= 0.6 is 0 Å². The van der Waals surface area contributed by atoms with Crippen molar-refractivity contribution in [3.05, 3.63) is 78.1 Å². The van der Waals surface area contributed by atoms with E-state index in [-0.39, 0.29) is 23.8 Å². The molecular formula is C20H21FN2O3S. The second-order valence-corrected chi connectivity index (χ2v) is 8.22. The minimum atomic E-state index is -3.87. The Morgan fingerprint density at radius 1 is 1.22 bits per heavy atom. The number of carbonyl (C=O) groups is 1. The first-order valence-electron chi connectivity index (χ1n) is 8.66. The van der Waals surface area contributed by atoms with Crippen LogP contribution in [0.1, 0.15) is 23.6 Å². The number of sulfonamides is 1. The lowest BCUT2D eigenvalue weighted by Crippen LogP contribution is -2.42. The Morgan fingerprint density at radius 3 is 2.63 bits per heavy atom. The molecule has 0 spiro atoms. The second kappa shape index (κ2) is 8.02. The Balaban J connectivity index is 1.98. The van der Waals surface area contributed by atoms with Crippen LogP contribution in [0.2, 0.25) is 0 Å². The molecule has 1 amide bonds. The molecule has 142 valence electrons. The fourth-order valence-corrected chi connectivity index (χ4v) is 4.91. The van der Waals surface area contributed by atoms with E-state index in [1.54, 1.807) is 6.08 Å². The van der Waals surface area contributed by atoms with Gasteiger partial charge in [-0.25, -0.2) is 12.8 Å². The van der Waals surface area contributed by atoms with Gasteiger partial charge in [0.1, 0.15) is 5.82 Å². The zero-order valence-corrected chi connectivity index (χ0v) is 15.6. The number of halogens is 1. The molecule has 1 unspecified atom stereocenters. The third-order valence-electron chi connectivity index (χ3n) is 4.61. The lowest BCUT2D eigenvalue weighted by Gasteiger charge is -2.36. The number of hydrogen-bond donors (Lipinski definition) is 1. The van der Waals surface area contributed by atoms with Gasteiger partial charge >= 0.3 is 0 Å². The first-order chi connectivity index (χ1) is 12.9. The normalized spacial score (nSPS) is 17.1. The van der Waals surface area contributed by atoms with Crippen molar-refractivity contribution < 1.29 is 17.6 Å². The molecule has 1 aliphatic heterocycles. The maximum atomic E-state index is 13.2. The Hall–Kier alpha value is -2.51. The van der Waals surface area contributed by atoms with Gasteiger partial charge in [-0.2, -0.15) is 4.31 Å². The van der Waals surface area contributed by atoms with Crippen molar-refractivity contribution in [2.45, 2.75) is 23.8 Å². The van der Waals surface area contributed by atoms with Gasteiger partial charge in [0.15, 0.2) is 0 Å². The van der Waals surface area contributed by atoms with E-state index in [0.717, 1.165) is 23.3 Å². The zero-order valence-electron chi connectivity index (χ0n) is 14.8. The molecule has 7 heteroatoms. The average molecular weight is 388 g/mol. The summed E-state index contributed by atoms with van der Waals surface area (Å²) in [5, 5.41) is 2.70. The quantitative estimate of drug-likeness (QED) is 0.774. The predicted octanol–water partition coefficient (Wildman–Crippen LogP) is 2.81. The van der Waals surface area contributed by atoms with Gasteiger partial charge in [-0.1, -0.05) is 30.3 Å². The molecule has 0 aliphatic carbocycles. The van der Waals surface area contributed by atoms with Gasteiger partial charge < -0.3 is 5.32 Å². The van der Waals surface area contributed by atoms with Gasteiger partial charge in [-0.3, -0.25) is 4.79 Å². The SMILES string of the molecule is C=CCNC(=O)CC1c2ccccc2CCN1S(=O)(=O)c1ccc(F)cc1. The molecule has 1 N–H and O–H groups in total. The molecule has 0 saturated heterocycles. The van der Waals surface area contributed by atoms with Crippen molar-refractivity contribution in [2.24, 2.45) is 0 Å². The molecule has 0 aromatic heterocycles. The van der Waals surface area contributed by atoms with Crippen LogP contribution in [-0.4, -0.2) is 31.7 Å². The van der Waals surface area contributed by atoms with Gasteiger partial charge in [0.05, 0.1) is 10.9 Å². The number of benzene rings is 2. The van der Waals surface area contributed by atoms with Gasteiger partial charge in [0.25, 0.3) is 0 Å². The molecule has 1 heterocycles. The number of carbonyl (C=O) groups excluding carboxylic acids is 1. The van der Waals surface area contributed by atoms with Crippen molar-refractivity contribution >= 4 is 15.9 Å².